The zero-order chi connectivity index (χ0) is 24.8. The Labute approximate surface area is 211 Å². The summed E-state index contributed by atoms with van der Waals surface area (Å²) in [5.41, 5.74) is 0.453. The molecule has 0 saturated heterocycles. The molecule has 10 heteroatoms. The minimum atomic E-state index is -2.23. The third kappa shape index (κ3) is 4.66. The molecule has 4 saturated carbocycles. The molecule has 0 spiro atoms. The molecule has 1 N–H and O–H groups in total. The van der Waals surface area contributed by atoms with Crippen LogP contribution in [0, 0.1) is 53.8 Å². The summed E-state index contributed by atoms with van der Waals surface area (Å²) in [6, 6.07) is 3.55. The third-order valence-corrected chi connectivity index (χ3v) is 7.41. The van der Waals surface area contributed by atoms with Gasteiger partial charge < -0.3 is 5.11 Å². The number of hydrogen-bond donors (Lipinski definition) is 1. The number of nitrogens with zero attached hydrogens (tertiary/aromatic N) is 1. The Morgan fingerprint density at radius 1 is 0.882 bits per heavy atom. The number of aromatic hydroxyl groups is 1. The molecule has 0 amide bonds. The summed E-state index contributed by atoms with van der Waals surface area (Å²) in [7, 11) is 9.78. The monoisotopic (exact) mass is 553 g/mol. The van der Waals surface area contributed by atoms with E-state index in [1.54, 1.807) is 6.07 Å². The van der Waals surface area contributed by atoms with Crippen LogP contribution in [0.1, 0.15) is 55.2 Å². The van der Waals surface area contributed by atoms with Crippen molar-refractivity contribution in [2.45, 2.75) is 50.9 Å². The fraction of sp³-hybridized carbons (Fsp3) is 0.458. The molecule has 6 rings (SSSR count). The van der Waals surface area contributed by atoms with Crippen LogP contribution < -0.4 is 0 Å². The van der Waals surface area contributed by atoms with Gasteiger partial charge in [0.2, 0.25) is 5.82 Å². The Balaban J connectivity index is 0.000000868. The van der Waals surface area contributed by atoms with Gasteiger partial charge in [0.1, 0.15) is 11.4 Å². The Bertz CT molecular complexity index is 1080. The van der Waals surface area contributed by atoms with E-state index in [4.69, 9.17) is 18.6 Å². The molecule has 4 aliphatic rings. The summed E-state index contributed by atoms with van der Waals surface area (Å²) in [6.07, 6.45) is 7.70. The maximum absolute atomic E-state index is 14.0. The van der Waals surface area contributed by atoms with Gasteiger partial charge in [0.05, 0.1) is 0 Å². The van der Waals surface area contributed by atoms with E-state index >= 15 is 0 Å². The number of phenolic OH excluding ortho intramolecular Hbond substituents is 1. The van der Waals surface area contributed by atoms with Crippen LogP contribution in [0.25, 0.3) is 0 Å². The van der Waals surface area contributed by atoms with Crippen molar-refractivity contribution >= 4 is 30.5 Å². The average molecular weight is 554 g/mol. The summed E-state index contributed by atoms with van der Waals surface area (Å²) in [5.74, 6) is -8.40. The number of benzene rings is 2. The zero-order valence-corrected chi connectivity index (χ0v) is 21.3. The van der Waals surface area contributed by atoms with E-state index in [-0.39, 0.29) is 16.7 Å². The van der Waals surface area contributed by atoms with Crippen molar-refractivity contribution in [1.82, 2.24) is 0 Å². The van der Waals surface area contributed by atoms with Gasteiger partial charge in [-0.1, -0.05) is 6.07 Å². The molecule has 4 bridgehead atoms. The topological polar surface area (TPSA) is 32.6 Å². The molecular formula is C24H22Cl2F5NOTi. The number of aliphatic imine (C=N–C) groups is 1. The summed E-state index contributed by atoms with van der Waals surface area (Å²) >= 11 is -0.556. The molecule has 0 heterocycles. The van der Waals surface area contributed by atoms with Gasteiger partial charge in [0.15, 0.2) is 23.3 Å². The van der Waals surface area contributed by atoms with Crippen LogP contribution in [-0.2, 0) is 22.4 Å². The molecule has 0 radical (unpaired) electrons. The Morgan fingerprint density at radius 3 is 1.79 bits per heavy atom. The van der Waals surface area contributed by atoms with Crippen LogP contribution in [-0.4, -0.2) is 11.3 Å². The van der Waals surface area contributed by atoms with E-state index in [2.05, 4.69) is 4.99 Å². The van der Waals surface area contributed by atoms with E-state index in [0.717, 1.165) is 36.6 Å². The molecular weight excluding hydrogens is 532 g/mol. The van der Waals surface area contributed by atoms with Crippen molar-refractivity contribution in [2.75, 3.05) is 0 Å². The molecule has 0 aromatic heterocycles. The first-order chi connectivity index (χ1) is 16.1. The number of aryl methyl sites for hydroxylation is 1. The molecule has 2 aromatic rings. The molecule has 34 heavy (non-hydrogen) atoms. The Morgan fingerprint density at radius 2 is 1.32 bits per heavy atom. The predicted molar refractivity (Wildman–Crippen MR) is 118 cm³/mol. The standard InChI is InChI=1S/C24H22F5NO.2ClH.Ti/c1-11-2-15(10-30-22-20(28)18(26)17(25)19(27)21(22)29)23(31)16(3-11)24-7-12-4-13(8-24)6-14(5-12)9-24;;;/h2-3,10,12-14,31H,4-9H2,1H3;2*1H;/q;;;+2/p-2. The number of phenols is 1. The first-order valence-electron chi connectivity index (χ1n) is 11.0. The van der Waals surface area contributed by atoms with Crippen molar-refractivity contribution in [3.05, 3.63) is 57.9 Å². The van der Waals surface area contributed by atoms with Crippen LogP contribution in [0.5, 0.6) is 5.75 Å². The molecule has 182 valence electrons. The van der Waals surface area contributed by atoms with Crippen molar-refractivity contribution in [3.63, 3.8) is 0 Å². The van der Waals surface area contributed by atoms with Crippen molar-refractivity contribution < 1.29 is 44.1 Å². The maximum atomic E-state index is 14.0. The quantitative estimate of drug-likeness (QED) is 0.135. The third-order valence-electron chi connectivity index (χ3n) is 7.41. The van der Waals surface area contributed by atoms with Gasteiger partial charge in [-0.3, -0.25) is 0 Å². The fourth-order valence-electron chi connectivity index (χ4n) is 6.59. The number of hydrogen-bond acceptors (Lipinski definition) is 2. The van der Waals surface area contributed by atoms with Gasteiger partial charge >= 0.3 is 35.6 Å². The SMILES string of the molecule is Cc1cc(C=Nc2c(F)c(F)c(F)c(F)c2F)c(O)c(C23CC4CC(CC(C4)C2)C3)c1.[Cl][Ti][Cl]. The Kier molecular flexibility index (Phi) is 7.69. The van der Waals surface area contributed by atoms with Gasteiger partial charge in [-0.05, 0) is 80.2 Å². The second-order valence-electron chi connectivity index (χ2n) is 9.70. The van der Waals surface area contributed by atoms with Crippen molar-refractivity contribution in [2.24, 2.45) is 22.7 Å². The second-order valence-corrected chi connectivity index (χ2v) is 12.3. The van der Waals surface area contributed by atoms with Gasteiger partial charge in [-0.15, -0.1) is 0 Å². The predicted octanol–water partition coefficient (Wildman–Crippen LogP) is 7.99. The van der Waals surface area contributed by atoms with Crippen LogP contribution in [0.2, 0.25) is 0 Å². The van der Waals surface area contributed by atoms with Crippen LogP contribution in [0.4, 0.5) is 27.6 Å². The first-order valence-corrected chi connectivity index (χ1v) is 15.3. The van der Waals surface area contributed by atoms with E-state index in [9.17, 15) is 27.1 Å². The molecule has 2 aromatic carbocycles. The minimum absolute atomic E-state index is 0.0276. The van der Waals surface area contributed by atoms with Gasteiger partial charge in [-0.2, -0.15) is 0 Å². The zero-order valence-electron chi connectivity index (χ0n) is 18.2. The molecule has 2 nitrogen and oxygen atoms in total. The summed E-state index contributed by atoms with van der Waals surface area (Å²) < 4.78 is 68.2. The first kappa shape index (κ1) is 25.9. The van der Waals surface area contributed by atoms with Gasteiger partial charge in [-0.25, -0.2) is 26.9 Å². The molecule has 4 fully saturated rings. The second kappa shape index (κ2) is 10.1. The summed E-state index contributed by atoms with van der Waals surface area (Å²) in [4.78, 5) is 3.55. The molecule has 0 aliphatic heterocycles. The normalized spacial score (nSPS) is 27.1. The van der Waals surface area contributed by atoms with Gasteiger partial charge in [0, 0.05) is 17.3 Å². The van der Waals surface area contributed by atoms with Crippen molar-refractivity contribution in [1.29, 1.82) is 0 Å². The average Bonchev–Trinajstić information content (AvgIpc) is 2.78. The number of halogens is 7. The molecule has 0 atom stereocenters. The molecule has 0 unspecified atom stereocenters. The van der Waals surface area contributed by atoms with E-state index < -0.39 is 51.8 Å². The van der Waals surface area contributed by atoms with E-state index in [1.165, 1.54) is 19.3 Å². The number of rotatable bonds is 3. The van der Waals surface area contributed by atoms with Crippen molar-refractivity contribution in [3.8, 4) is 5.75 Å². The summed E-state index contributed by atoms with van der Waals surface area (Å²) in [6.45, 7) is 1.85. The van der Waals surface area contributed by atoms with Crippen LogP contribution >= 0.6 is 18.6 Å². The summed E-state index contributed by atoms with van der Waals surface area (Å²) in [5, 5.41) is 11.1. The van der Waals surface area contributed by atoms with Crippen LogP contribution in [0.3, 0.4) is 0 Å². The van der Waals surface area contributed by atoms with Crippen LogP contribution in [0.15, 0.2) is 17.1 Å². The Hall–Kier alpha value is -1.15. The van der Waals surface area contributed by atoms with Gasteiger partial charge in [0.25, 0.3) is 0 Å². The fourth-order valence-corrected chi connectivity index (χ4v) is 6.59. The van der Waals surface area contributed by atoms with E-state index in [0.29, 0.717) is 17.8 Å². The van der Waals surface area contributed by atoms with E-state index in [1.807, 2.05) is 13.0 Å². The molecule has 4 aliphatic carbocycles.